The number of carbonyl (C=O) groups excluding carboxylic acids is 2. The molecule has 0 saturated carbocycles. The van der Waals surface area contributed by atoms with Crippen LogP contribution in [0.1, 0.15) is 13.3 Å². The van der Waals surface area contributed by atoms with E-state index in [1.54, 1.807) is 12.2 Å². The molecule has 3 nitrogen and oxygen atoms in total. The van der Waals surface area contributed by atoms with Gasteiger partial charge in [-0.15, -0.1) is 0 Å². The largest absolute Gasteiger partial charge is 0.278 e. The van der Waals surface area contributed by atoms with Gasteiger partial charge in [0.1, 0.15) is 0 Å². The summed E-state index contributed by atoms with van der Waals surface area (Å²) >= 11 is 0. The summed E-state index contributed by atoms with van der Waals surface area (Å²) in [5.41, 5.74) is 0. The van der Waals surface area contributed by atoms with Crippen LogP contribution in [0.4, 0.5) is 0 Å². The normalized spacial score (nSPS) is 17.4. The molecule has 1 heterocycles. The molecule has 0 bridgehead atoms. The van der Waals surface area contributed by atoms with Gasteiger partial charge < -0.3 is 0 Å². The lowest BCUT2D eigenvalue weighted by molar-refractivity contribution is -0.149. The molecule has 3 heteroatoms. The third kappa shape index (κ3) is 1.81. The van der Waals surface area contributed by atoms with E-state index in [-0.39, 0.29) is 11.8 Å². The summed E-state index contributed by atoms with van der Waals surface area (Å²) in [6.45, 7) is 2.43. The van der Waals surface area contributed by atoms with Crippen LogP contribution in [-0.4, -0.2) is 23.3 Å². The Hall–Kier alpha value is -1.38. The number of amides is 2. The lowest BCUT2D eigenvalue weighted by Crippen LogP contribution is -2.46. The van der Waals surface area contributed by atoms with Crippen molar-refractivity contribution in [2.75, 3.05) is 6.54 Å². The lowest BCUT2D eigenvalue weighted by atomic mass is 10.2. The third-order valence-electron chi connectivity index (χ3n) is 1.66. The average Bonchev–Trinajstić information content (AvgIpc) is 2.02. The molecule has 1 aliphatic heterocycles. The molecule has 1 saturated heterocycles. The Labute approximate surface area is 71.4 Å². The fourth-order valence-corrected chi connectivity index (χ4v) is 0.887. The molecular formula is C9H11NO2. The molecule has 0 aromatic carbocycles. The summed E-state index contributed by atoms with van der Waals surface area (Å²) in [5, 5.41) is 0. The first-order valence-corrected chi connectivity index (χ1v) is 3.89. The van der Waals surface area contributed by atoms with Gasteiger partial charge in [0.2, 0.25) is 5.91 Å². The molecule has 12 heavy (non-hydrogen) atoms. The molecule has 0 aliphatic carbocycles. The number of imide groups is 1. The van der Waals surface area contributed by atoms with Crippen LogP contribution in [0, 0.1) is 0 Å². The molecule has 0 aromatic heterocycles. The van der Waals surface area contributed by atoms with Crippen LogP contribution in [-0.2, 0) is 9.59 Å². The molecule has 1 rings (SSSR count). The standard InChI is InChI=1S/C9H11NO2/c1-2-3-4-5-8(11)10-7-6-9(10)12/h2-5H,6-7H2,1H3/b3-2+,5-4+. The fraction of sp³-hybridized carbons (Fsp3) is 0.333. The van der Waals surface area contributed by atoms with E-state index in [0.29, 0.717) is 13.0 Å². The highest BCUT2D eigenvalue weighted by molar-refractivity contribution is 6.04. The van der Waals surface area contributed by atoms with Gasteiger partial charge in [0.25, 0.3) is 5.91 Å². The highest BCUT2D eigenvalue weighted by Crippen LogP contribution is 2.08. The summed E-state index contributed by atoms with van der Waals surface area (Å²) in [6, 6.07) is 0. The topological polar surface area (TPSA) is 37.4 Å². The number of rotatable bonds is 2. The first-order valence-electron chi connectivity index (χ1n) is 3.89. The van der Waals surface area contributed by atoms with E-state index in [0.717, 1.165) is 0 Å². The number of allylic oxidation sites excluding steroid dienone is 3. The van der Waals surface area contributed by atoms with Gasteiger partial charge in [-0.2, -0.15) is 0 Å². The van der Waals surface area contributed by atoms with Crippen LogP contribution < -0.4 is 0 Å². The van der Waals surface area contributed by atoms with Gasteiger partial charge >= 0.3 is 0 Å². The predicted octanol–water partition coefficient (Wildman–Crippen LogP) is 0.878. The molecule has 64 valence electrons. The predicted molar refractivity (Wildman–Crippen MR) is 45.3 cm³/mol. The summed E-state index contributed by atoms with van der Waals surface area (Å²) in [5.74, 6) is -0.297. The maximum Gasteiger partial charge on any atom is 0.253 e. The van der Waals surface area contributed by atoms with Crippen molar-refractivity contribution in [3.8, 4) is 0 Å². The second-order valence-corrected chi connectivity index (χ2v) is 2.52. The monoisotopic (exact) mass is 165 g/mol. The fourth-order valence-electron chi connectivity index (χ4n) is 0.887. The van der Waals surface area contributed by atoms with Crippen LogP contribution in [0.2, 0.25) is 0 Å². The molecule has 0 radical (unpaired) electrons. The van der Waals surface area contributed by atoms with Crippen LogP contribution in [0.5, 0.6) is 0 Å². The van der Waals surface area contributed by atoms with E-state index in [1.807, 2.05) is 13.0 Å². The van der Waals surface area contributed by atoms with E-state index in [1.165, 1.54) is 11.0 Å². The number of hydrogen-bond acceptors (Lipinski definition) is 2. The minimum Gasteiger partial charge on any atom is -0.278 e. The van der Waals surface area contributed by atoms with Crippen molar-refractivity contribution in [1.29, 1.82) is 0 Å². The summed E-state index contributed by atoms with van der Waals surface area (Å²) in [7, 11) is 0. The van der Waals surface area contributed by atoms with Crippen molar-refractivity contribution in [3.63, 3.8) is 0 Å². The Morgan fingerprint density at radius 3 is 2.67 bits per heavy atom. The van der Waals surface area contributed by atoms with Crippen LogP contribution in [0.25, 0.3) is 0 Å². The first kappa shape index (κ1) is 8.71. The Kier molecular flexibility index (Phi) is 2.80. The Balaban J connectivity index is 2.43. The van der Waals surface area contributed by atoms with Crippen LogP contribution >= 0.6 is 0 Å². The molecular weight excluding hydrogens is 154 g/mol. The number of β-lactam (4-membered cyclic amide) rings is 1. The molecule has 0 aromatic rings. The van der Waals surface area contributed by atoms with Gasteiger partial charge in [-0.3, -0.25) is 14.5 Å². The SMILES string of the molecule is C/C=C/C=C/C(=O)N1CCC1=O. The molecule has 0 N–H and O–H groups in total. The smallest absolute Gasteiger partial charge is 0.253 e. The first-order chi connectivity index (χ1) is 5.75. The van der Waals surface area contributed by atoms with Crippen molar-refractivity contribution in [1.82, 2.24) is 4.90 Å². The van der Waals surface area contributed by atoms with E-state index in [4.69, 9.17) is 0 Å². The number of carbonyl (C=O) groups is 2. The lowest BCUT2D eigenvalue weighted by Gasteiger charge is -2.26. The van der Waals surface area contributed by atoms with Crippen LogP contribution in [0.3, 0.4) is 0 Å². The molecule has 0 spiro atoms. The van der Waals surface area contributed by atoms with Crippen molar-refractivity contribution in [2.24, 2.45) is 0 Å². The Morgan fingerprint density at radius 1 is 1.50 bits per heavy atom. The molecule has 1 aliphatic rings. The second kappa shape index (κ2) is 3.85. The van der Waals surface area contributed by atoms with Gasteiger partial charge in [-0.1, -0.05) is 18.2 Å². The number of likely N-dealkylation sites (tertiary alicyclic amines) is 1. The number of nitrogens with zero attached hydrogens (tertiary/aromatic N) is 1. The highest BCUT2D eigenvalue weighted by atomic mass is 16.2. The maximum absolute atomic E-state index is 11.1. The Morgan fingerprint density at radius 2 is 2.25 bits per heavy atom. The molecule has 0 atom stereocenters. The molecule has 1 fully saturated rings. The van der Waals surface area contributed by atoms with E-state index >= 15 is 0 Å². The number of hydrogen-bond donors (Lipinski definition) is 0. The quantitative estimate of drug-likeness (QED) is 0.346. The van der Waals surface area contributed by atoms with Crippen molar-refractivity contribution >= 4 is 11.8 Å². The zero-order valence-corrected chi connectivity index (χ0v) is 6.99. The minimum absolute atomic E-state index is 0.0786. The van der Waals surface area contributed by atoms with Crippen LogP contribution in [0.15, 0.2) is 24.3 Å². The van der Waals surface area contributed by atoms with Crippen molar-refractivity contribution in [2.45, 2.75) is 13.3 Å². The van der Waals surface area contributed by atoms with Gasteiger partial charge in [0.05, 0.1) is 0 Å². The van der Waals surface area contributed by atoms with Gasteiger partial charge in [0.15, 0.2) is 0 Å². The third-order valence-corrected chi connectivity index (χ3v) is 1.66. The molecule has 2 amide bonds. The second-order valence-electron chi connectivity index (χ2n) is 2.52. The summed E-state index contributed by atoms with van der Waals surface area (Å²) in [6.07, 6.45) is 7.11. The summed E-state index contributed by atoms with van der Waals surface area (Å²) < 4.78 is 0. The highest BCUT2D eigenvalue weighted by Gasteiger charge is 2.27. The van der Waals surface area contributed by atoms with Crippen molar-refractivity contribution in [3.05, 3.63) is 24.3 Å². The zero-order valence-electron chi connectivity index (χ0n) is 6.99. The minimum atomic E-state index is -0.218. The average molecular weight is 165 g/mol. The van der Waals surface area contributed by atoms with E-state index in [9.17, 15) is 9.59 Å². The zero-order chi connectivity index (χ0) is 8.97. The Bertz CT molecular complexity index is 253. The van der Waals surface area contributed by atoms with Gasteiger partial charge in [-0.05, 0) is 6.92 Å². The van der Waals surface area contributed by atoms with Gasteiger partial charge in [-0.25, -0.2) is 0 Å². The van der Waals surface area contributed by atoms with Crippen molar-refractivity contribution < 1.29 is 9.59 Å². The maximum atomic E-state index is 11.1. The van der Waals surface area contributed by atoms with E-state index in [2.05, 4.69) is 0 Å². The van der Waals surface area contributed by atoms with E-state index < -0.39 is 0 Å². The summed E-state index contributed by atoms with van der Waals surface area (Å²) in [4.78, 5) is 23.1. The molecule has 0 unspecified atom stereocenters. The van der Waals surface area contributed by atoms with Gasteiger partial charge in [0, 0.05) is 19.0 Å².